The van der Waals surface area contributed by atoms with Crippen molar-refractivity contribution >= 4 is 50.1 Å². The van der Waals surface area contributed by atoms with Crippen LogP contribution in [0.1, 0.15) is 37.3 Å². The third-order valence-electron chi connectivity index (χ3n) is 5.20. The molecule has 4 aromatic rings. The molecular weight excluding hydrogens is 513 g/mol. The summed E-state index contributed by atoms with van der Waals surface area (Å²) in [5.74, 6) is -0.746. The van der Waals surface area contributed by atoms with Crippen LogP contribution < -0.4 is 10.6 Å². The summed E-state index contributed by atoms with van der Waals surface area (Å²) in [5, 5.41) is 6.73. The topological polar surface area (TPSA) is 72.4 Å². The molecule has 8 heteroatoms. The van der Waals surface area contributed by atoms with Crippen molar-refractivity contribution in [2.75, 3.05) is 10.6 Å². The number of fused-ring (bicyclic) bond motifs is 1. The number of benzene rings is 3. The summed E-state index contributed by atoms with van der Waals surface area (Å²) in [6, 6.07) is 20.3. The summed E-state index contributed by atoms with van der Waals surface area (Å²) in [6.07, 6.45) is 0.187. The van der Waals surface area contributed by atoms with Crippen LogP contribution in [0.2, 0.25) is 0 Å². The van der Waals surface area contributed by atoms with Crippen LogP contribution >= 0.6 is 15.9 Å². The van der Waals surface area contributed by atoms with E-state index in [0.29, 0.717) is 5.56 Å². The lowest BCUT2D eigenvalue weighted by Crippen LogP contribution is -2.29. The van der Waals surface area contributed by atoms with Crippen LogP contribution in [-0.2, 0) is 4.74 Å². The molecule has 2 N–H and O–H groups in total. The molecule has 1 amide bonds. The average Bonchev–Trinajstić information content (AvgIpc) is 3.23. The molecule has 0 fully saturated rings. The Morgan fingerprint density at radius 2 is 1.71 bits per heavy atom. The lowest BCUT2D eigenvalue weighted by Gasteiger charge is -2.24. The Balaban J connectivity index is 1.77. The van der Waals surface area contributed by atoms with E-state index in [1.807, 2.05) is 30.3 Å². The van der Waals surface area contributed by atoms with E-state index in [-0.39, 0.29) is 17.2 Å². The Kier molecular flexibility index (Phi) is 6.93. The highest BCUT2D eigenvalue weighted by Crippen LogP contribution is 2.32. The molecule has 0 radical (unpaired) electrons. The fourth-order valence-corrected chi connectivity index (χ4v) is 4.19. The maximum absolute atomic E-state index is 14.3. The van der Waals surface area contributed by atoms with Gasteiger partial charge in [-0.1, -0.05) is 52.3 Å². The van der Waals surface area contributed by atoms with Gasteiger partial charge in [0.15, 0.2) is 6.17 Å². The van der Waals surface area contributed by atoms with Gasteiger partial charge in [0.25, 0.3) is 0 Å². The standard InChI is InChI=1S/C27H25BrFN3O3/c1-27(2,3)35-26(34)31-21-13-12-18(29)16-22(21)30-25(24(33)17-8-5-4-6-9-17)32-15-14-19-20(28)10-7-11-23(19)32/h4-16,25,30H,1-3H3,(H,31,34). The molecule has 1 heterocycles. The molecule has 0 bridgehead atoms. The second-order valence-electron chi connectivity index (χ2n) is 8.99. The van der Waals surface area contributed by atoms with Gasteiger partial charge < -0.3 is 14.6 Å². The molecule has 0 saturated heterocycles. The number of aromatic nitrogens is 1. The van der Waals surface area contributed by atoms with Gasteiger partial charge in [-0.3, -0.25) is 10.1 Å². The number of carbonyl (C=O) groups excluding carboxylic acids is 2. The fraction of sp³-hybridized carbons (Fsp3) is 0.185. The molecule has 6 nitrogen and oxygen atoms in total. The van der Waals surface area contributed by atoms with Crippen LogP contribution in [0.3, 0.4) is 0 Å². The second-order valence-corrected chi connectivity index (χ2v) is 9.84. The molecule has 0 aliphatic carbocycles. The van der Waals surface area contributed by atoms with Crippen molar-refractivity contribution in [2.24, 2.45) is 0 Å². The number of carbonyl (C=O) groups is 2. The van der Waals surface area contributed by atoms with Crippen molar-refractivity contribution in [3.8, 4) is 0 Å². The molecule has 1 atom stereocenters. The van der Waals surface area contributed by atoms with Crippen LogP contribution in [-0.4, -0.2) is 22.0 Å². The highest BCUT2D eigenvalue weighted by molar-refractivity contribution is 9.10. The number of ketones is 1. The Hall–Kier alpha value is -3.65. The molecule has 4 rings (SSSR count). The van der Waals surface area contributed by atoms with Gasteiger partial charge in [-0.05, 0) is 57.2 Å². The second kappa shape index (κ2) is 9.92. The number of nitrogens with one attached hydrogen (secondary N) is 2. The van der Waals surface area contributed by atoms with E-state index in [1.165, 1.54) is 18.2 Å². The largest absolute Gasteiger partial charge is 0.444 e. The van der Waals surface area contributed by atoms with E-state index in [0.717, 1.165) is 15.4 Å². The van der Waals surface area contributed by atoms with Crippen LogP contribution in [0.5, 0.6) is 0 Å². The summed E-state index contributed by atoms with van der Waals surface area (Å²) < 4.78 is 22.3. The summed E-state index contributed by atoms with van der Waals surface area (Å²) in [5.41, 5.74) is 1.10. The Morgan fingerprint density at radius 1 is 0.971 bits per heavy atom. The molecule has 1 aromatic heterocycles. The van der Waals surface area contributed by atoms with E-state index in [1.54, 1.807) is 55.8 Å². The molecule has 180 valence electrons. The first-order valence-corrected chi connectivity index (χ1v) is 11.8. The first kappa shape index (κ1) is 24.5. The number of anilines is 2. The minimum atomic E-state index is -0.926. The number of Topliss-reactive ketones (excluding diaryl/α,β-unsaturated/α-hetero) is 1. The summed E-state index contributed by atoms with van der Waals surface area (Å²) >= 11 is 3.55. The van der Waals surface area contributed by atoms with E-state index in [4.69, 9.17) is 4.74 Å². The highest BCUT2D eigenvalue weighted by atomic mass is 79.9. The Labute approximate surface area is 211 Å². The first-order valence-electron chi connectivity index (χ1n) is 11.0. The van der Waals surface area contributed by atoms with Gasteiger partial charge in [0.1, 0.15) is 11.4 Å². The summed E-state index contributed by atoms with van der Waals surface area (Å²) in [7, 11) is 0. The van der Waals surface area contributed by atoms with Crippen LogP contribution in [0.15, 0.2) is 83.5 Å². The lowest BCUT2D eigenvalue weighted by molar-refractivity contribution is 0.0636. The number of halogens is 2. The summed E-state index contributed by atoms with van der Waals surface area (Å²) in [6.45, 7) is 5.25. The number of hydrogen-bond acceptors (Lipinski definition) is 4. The smallest absolute Gasteiger partial charge is 0.412 e. The van der Waals surface area contributed by atoms with Gasteiger partial charge in [0, 0.05) is 21.6 Å². The lowest BCUT2D eigenvalue weighted by atomic mass is 10.1. The maximum atomic E-state index is 14.3. The summed E-state index contributed by atoms with van der Waals surface area (Å²) in [4.78, 5) is 26.1. The predicted molar refractivity (Wildman–Crippen MR) is 139 cm³/mol. The molecule has 1 unspecified atom stereocenters. The van der Waals surface area contributed by atoms with Gasteiger partial charge >= 0.3 is 6.09 Å². The zero-order chi connectivity index (χ0) is 25.2. The van der Waals surface area contributed by atoms with Crippen molar-refractivity contribution in [2.45, 2.75) is 32.5 Å². The third kappa shape index (κ3) is 5.71. The van der Waals surface area contributed by atoms with E-state index in [9.17, 15) is 14.0 Å². The minimum absolute atomic E-state index is 0.226. The molecule has 0 spiro atoms. The van der Waals surface area contributed by atoms with Crippen LogP contribution in [0, 0.1) is 5.82 Å². The number of amides is 1. The third-order valence-corrected chi connectivity index (χ3v) is 5.90. The van der Waals surface area contributed by atoms with Gasteiger partial charge in [-0.15, -0.1) is 0 Å². The zero-order valence-corrected chi connectivity index (χ0v) is 21.1. The minimum Gasteiger partial charge on any atom is -0.444 e. The number of nitrogens with zero attached hydrogens (tertiary/aromatic N) is 1. The normalized spacial score (nSPS) is 12.3. The van der Waals surface area contributed by atoms with Crippen LogP contribution in [0.25, 0.3) is 10.9 Å². The monoisotopic (exact) mass is 537 g/mol. The van der Waals surface area contributed by atoms with Gasteiger partial charge in [-0.2, -0.15) is 0 Å². The SMILES string of the molecule is CC(C)(C)OC(=O)Nc1ccc(F)cc1NC(C(=O)c1ccccc1)n1ccc2c(Br)cccc21. The predicted octanol–water partition coefficient (Wildman–Crippen LogP) is 7.38. The molecule has 0 aliphatic rings. The number of hydrogen-bond donors (Lipinski definition) is 2. The quantitative estimate of drug-likeness (QED) is 0.251. The van der Waals surface area contributed by atoms with Crippen molar-refractivity contribution in [1.82, 2.24) is 4.57 Å². The zero-order valence-electron chi connectivity index (χ0n) is 19.5. The van der Waals surface area contributed by atoms with Gasteiger partial charge in [-0.25, -0.2) is 9.18 Å². The first-order chi connectivity index (χ1) is 16.6. The molecule has 35 heavy (non-hydrogen) atoms. The Morgan fingerprint density at radius 3 is 2.43 bits per heavy atom. The van der Waals surface area contributed by atoms with Crippen molar-refractivity contribution < 1.29 is 18.7 Å². The van der Waals surface area contributed by atoms with Gasteiger partial charge in [0.2, 0.25) is 5.78 Å². The number of ether oxygens (including phenoxy) is 1. The Bertz CT molecular complexity index is 1380. The molecule has 0 aliphatic heterocycles. The highest BCUT2D eigenvalue weighted by Gasteiger charge is 2.25. The molecular formula is C27H25BrFN3O3. The fourth-order valence-electron chi connectivity index (χ4n) is 3.70. The van der Waals surface area contributed by atoms with Crippen LogP contribution in [0.4, 0.5) is 20.6 Å². The van der Waals surface area contributed by atoms with E-state index >= 15 is 0 Å². The maximum Gasteiger partial charge on any atom is 0.412 e. The van der Waals surface area contributed by atoms with E-state index < -0.39 is 23.7 Å². The van der Waals surface area contributed by atoms with Crippen molar-refractivity contribution in [3.05, 3.63) is 94.8 Å². The number of rotatable bonds is 6. The van der Waals surface area contributed by atoms with E-state index in [2.05, 4.69) is 26.6 Å². The molecule has 0 saturated carbocycles. The average molecular weight is 538 g/mol. The molecule has 3 aromatic carbocycles. The van der Waals surface area contributed by atoms with Gasteiger partial charge in [0.05, 0.1) is 16.9 Å². The van der Waals surface area contributed by atoms with Crippen molar-refractivity contribution in [1.29, 1.82) is 0 Å². The van der Waals surface area contributed by atoms with Crippen molar-refractivity contribution in [3.63, 3.8) is 0 Å².